The summed E-state index contributed by atoms with van der Waals surface area (Å²) in [5, 5.41) is 0. The van der Waals surface area contributed by atoms with Crippen molar-refractivity contribution >= 4 is 10.1 Å². The molecule has 0 fully saturated rings. The van der Waals surface area contributed by atoms with Crippen molar-refractivity contribution in [2.75, 3.05) is 0 Å². The van der Waals surface area contributed by atoms with Crippen LogP contribution in [0, 0.1) is 0 Å². The van der Waals surface area contributed by atoms with Crippen LogP contribution in [0.15, 0.2) is 29.2 Å². The van der Waals surface area contributed by atoms with Crippen LogP contribution < -0.4 is 29.6 Å². The summed E-state index contributed by atoms with van der Waals surface area (Å²) >= 11 is 0. The van der Waals surface area contributed by atoms with Crippen LogP contribution >= 0.6 is 0 Å². The van der Waals surface area contributed by atoms with E-state index in [9.17, 15) is 13.0 Å². The second kappa shape index (κ2) is 11.6. The van der Waals surface area contributed by atoms with E-state index in [4.69, 9.17) is 0 Å². The SMILES string of the molecule is CCCCCCCCC(CC)c1ccc(S(=O)(=O)[O-])cc1.[Na+]. The molecule has 1 aromatic carbocycles. The molecule has 0 N–H and O–H groups in total. The van der Waals surface area contributed by atoms with E-state index in [0.717, 1.165) is 18.4 Å². The Hall–Kier alpha value is 0.130. The van der Waals surface area contributed by atoms with Crippen molar-refractivity contribution in [2.45, 2.75) is 76.0 Å². The Balaban J connectivity index is 0.00000441. The molecule has 22 heavy (non-hydrogen) atoms. The van der Waals surface area contributed by atoms with E-state index in [1.165, 1.54) is 50.7 Å². The van der Waals surface area contributed by atoms with Gasteiger partial charge in [-0.2, -0.15) is 0 Å². The summed E-state index contributed by atoms with van der Waals surface area (Å²) in [5.74, 6) is 0.458. The van der Waals surface area contributed by atoms with Gasteiger partial charge in [-0.1, -0.05) is 64.5 Å². The van der Waals surface area contributed by atoms with Crippen LogP contribution in [0.5, 0.6) is 0 Å². The van der Waals surface area contributed by atoms with Gasteiger partial charge in [0, 0.05) is 0 Å². The molecule has 1 rings (SSSR count). The topological polar surface area (TPSA) is 57.2 Å². The fourth-order valence-corrected chi connectivity index (χ4v) is 3.15. The van der Waals surface area contributed by atoms with Crippen molar-refractivity contribution in [1.82, 2.24) is 0 Å². The average molecular weight is 334 g/mol. The van der Waals surface area contributed by atoms with Gasteiger partial charge < -0.3 is 4.55 Å². The molecule has 0 saturated heterocycles. The molecule has 0 spiro atoms. The minimum absolute atomic E-state index is 0. The van der Waals surface area contributed by atoms with Gasteiger partial charge in [-0.3, -0.25) is 0 Å². The van der Waals surface area contributed by atoms with Crippen molar-refractivity contribution in [3.05, 3.63) is 29.8 Å². The second-order valence-electron chi connectivity index (χ2n) is 5.68. The first-order chi connectivity index (χ1) is 9.99. The quantitative estimate of drug-likeness (QED) is 0.373. The van der Waals surface area contributed by atoms with Crippen LogP contribution in [-0.4, -0.2) is 13.0 Å². The Morgan fingerprint density at radius 1 is 0.955 bits per heavy atom. The van der Waals surface area contributed by atoms with Crippen molar-refractivity contribution in [3.63, 3.8) is 0 Å². The molecule has 1 atom stereocenters. The molecule has 0 aliphatic carbocycles. The maximum atomic E-state index is 10.9. The fraction of sp³-hybridized carbons (Fsp3) is 0.647. The van der Waals surface area contributed by atoms with Crippen molar-refractivity contribution in [1.29, 1.82) is 0 Å². The molecule has 1 aromatic rings. The van der Waals surface area contributed by atoms with Crippen LogP contribution in [0.3, 0.4) is 0 Å². The number of rotatable bonds is 10. The summed E-state index contributed by atoms with van der Waals surface area (Å²) in [6.07, 6.45) is 9.87. The van der Waals surface area contributed by atoms with E-state index < -0.39 is 10.1 Å². The summed E-state index contributed by atoms with van der Waals surface area (Å²) < 4.78 is 32.8. The van der Waals surface area contributed by atoms with E-state index in [1.807, 2.05) is 0 Å². The van der Waals surface area contributed by atoms with Gasteiger partial charge in [0.05, 0.1) is 4.90 Å². The third-order valence-corrected chi connectivity index (χ3v) is 4.89. The van der Waals surface area contributed by atoms with Crippen LogP contribution in [0.1, 0.15) is 76.7 Å². The molecular weight excluding hydrogens is 307 g/mol. The predicted octanol–water partition coefficient (Wildman–Crippen LogP) is 1.84. The number of hydrogen-bond acceptors (Lipinski definition) is 3. The number of benzene rings is 1. The first kappa shape index (κ1) is 22.1. The molecule has 0 bridgehead atoms. The van der Waals surface area contributed by atoms with Gasteiger partial charge in [0.2, 0.25) is 0 Å². The van der Waals surface area contributed by atoms with Gasteiger partial charge in [-0.05, 0) is 36.5 Å². The van der Waals surface area contributed by atoms with Crippen molar-refractivity contribution in [2.24, 2.45) is 0 Å². The van der Waals surface area contributed by atoms with Crippen molar-refractivity contribution < 1.29 is 42.5 Å². The number of hydrogen-bond donors (Lipinski definition) is 0. The molecule has 3 nitrogen and oxygen atoms in total. The first-order valence-electron chi connectivity index (χ1n) is 8.04. The largest absolute Gasteiger partial charge is 1.00 e. The normalized spacial score (nSPS) is 12.7. The Morgan fingerprint density at radius 3 is 2.00 bits per heavy atom. The monoisotopic (exact) mass is 334 g/mol. The predicted molar refractivity (Wildman–Crippen MR) is 85.4 cm³/mol. The third-order valence-electron chi connectivity index (χ3n) is 4.04. The Bertz CT molecular complexity index is 497. The molecule has 120 valence electrons. The van der Waals surface area contributed by atoms with Crippen LogP contribution in [-0.2, 0) is 10.1 Å². The van der Waals surface area contributed by atoms with Crippen LogP contribution in [0.25, 0.3) is 0 Å². The summed E-state index contributed by atoms with van der Waals surface area (Å²) in [7, 11) is -4.33. The average Bonchev–Trinajstić information content (AvgIpc) is 2.46. The van der Waals surface area contributed by atoms with E-state index in [1.54, 1.807) is 12.1 Å². The molecule has 0 amide bonds. The van der Waals surface area contributed by atoms with E-state index in [0.29, 0.717) is 5.92 Å². The van der Waals surface area contributed by atoms with Gasteiger partial charge in [0.1, 0.15) is 10.1 Å². The molecule has 0 radical (unpaired) electrons. The summed E-state index contributed by atoms with van der Waals surface area (Å²) in [4.78, 5) is -0.138. The molecule has 0 aliphatic heterocycles. The number of unbranched alkanes of at least 4 members (excludes halogenated alkanes) is 5. The Labute approximate surface area is 157 Å². The fourth-order valence-electron chi connectivity index (χ4n) is 2.68. The molecule has 0 aromatic heterocycles. The summed E-state index contributed by atoms with van der Waals surface area (Å²) in [6.45, 7) is 4.37. The molecule has 0 heterocycles. The van der Waals surface area contributed by atoms with E-state index in [2.05, 4.69) is 13.8 Å². The van der Waals surface area contributed by atoms with Gasteiger partial charge >= 0.3 is 29.6 Å². The van der Waals surface area contributed by atoms with Crippen LogP contribution in [0.2, 0.25) is 0 Å². The molecular formula is C17H27NaO3S. The second-order valence-corrected chi connectivity index (χ2v) is 7.06. The zero-order valence-electron chi connectivity index (χ0n) is 14.2. The Kier molecular flexibility index (Phi) is 11.7. The maximum Gasteiger partial charge on any atom is 1.00 e. The van der Waals surface area contributed by atoms with E-state index in [-0.39, 0.29) is 34.5 Å². The van der Waals surface area contributed by atoms with E-state index >= 15 is 0 Å². The van der Waals surface area contributed by atoms with Crippen LogP contribution in [0.4, 0.5) is 0 Å². The Morgan fingerprint density at radius 2 is 1.50 bits per heavy atom. The minimum atomic E-state index is -4.33. The standard InChI is InChI=1S/C17H28O3S.Na/c1-3-5-6-7-8-9-10-15(4-2)16-11-13-17(14-12-16)21(18,19)20;/h11-15H,3-10H2,1-2H3,(H,18,19,20);/q;+1/p-1. The molecule has 5 heteroatoms. The molecule has 1 unspecified atom stereocenters. The van der Waals surface area contributed by atoms with Gasteiger partial charge in [0.25, 0.3) is 0 Å². The van der Waals surface area contributed by atoms with Gasteiger partial charge in [-0.25, -0.2) is 8.42 Å². The minimum Gasteiger partial charge on any atom is -0.744 e. The van der Waals surface area contributed by atoms with Gasteiger partial charge in [-0.15, -0.1) is 0 Å². The smallest absolute Gasteiger partial charge is 0.744 e. The summed E-state index contributed by atoms with van der Waals surface area (Å²) in [5.41, 5.74) is 1.14. The van der Waals surface area contributed by atoms with Gasteiger partial charge in [0.15, 0.2) is 0 Å². The third kappa shape index (κ3) is 8.11. The van der Waals surface area contributed by atoms with Crippen molar-refractivity contribution in [3.8, 4) is 0 Å². The molecule has 0 aliphatic rings. The first-order valence-corrected chi connectivity index (χ1v) is 9.45. The zero-order chi connectivity index (χ0) is 15.7. The molecule has 0 saturated carbocycles. The maximum absolute atomic E-state index is 10.9. The zero-order valence-corrected chi connectivity index (χ0v) is 17.0. The summed E-state index contributed by atoms with van der Waals surface area (Å²) in [6, 6.07) is 6.44.